The van der Waals surface area contributed by atoms with E-state index in [0.29, 0.717) is 23.2 Å². The maximum Gasteiger partial charge on any atom is 0.260 e. The summed E-state index contributed by atoms with van der Waals surface area (Å²) in [5.41, 5.74) is 6.55. The van der Waals surface area contributed by atoms with Gasteiger partial charge in [-0.25, -0.2) is 0 Å². The van der Waals surface area contributed by atoms with Gasteiger partial charge in [-0.2, -0.15) is 0 Å². The number of ether oxygens (including phenoxy) is 1. The van der Waals surface area contributed by atoms with Crippen molar-refractivity contribution in [1.29, 1.82) is 0 Å². The summed E-state index contributed by atoms with van der Waals surface area (Å²) in [6.07, 6.45) is 0.988. The minimum Gasteiger partial charge on any atom is -0.483 e. The highest BCUT2D eigenvalue weighted by Crippen LogP contribution is 2.22. The SMILES string of the molecule is Cc1cc(Cl)ccc1OCC(=O)N1CCC(CN)C1. The predicted octanol–water partition coefficient (Wildman–Crippen LogP) is 1.83. The van der Waals surface area contributed by atoms with E-state index in [0.717, 1.165) is 25.1 Å². The fourth-order valence-corrected chi connectivity index (χ4v) is 2.48. The molecule has 0 spiro atoms. The molecule has 1 saturated heterocycles. The van der Waals surface area contributed by atoms with Crippen LogP contribution in [0.3, 0.4) is 0 Å². The van der Waals surface area contributed by atoms with Crippen LogP contribution in [-0.2, 0) is 4.79 Å². The first-order valence-corrected chi connectivity index (χ1v) is 6.84. The minimum atomic E-state index is 0.0188. The number of nitrogens with zero attached hydrogens (tertiary/aromatic N) is 1. The number of carbonyl (C=O) groups excluding carboxylic acids is 1. The van der Waals surface area contributed by atoms with Gasteiger partial charge in [0, 0.05) is 18.1 Å². The number of nitrogens with two attached hydrogens (primary N) is 1. The lowest BCUT2D eigenvalue weighted by Crippen LogP contribution is -2.33. The average Bonchev–Trinajstić information content (AvgIpc) is 2.86. The normalized spacial score (nSPS) is 18.7. The first-order chi connectivity index (χ1) is 9.10. The van der Waals surface area contributed by atoms with Gasteiger partial charge in [0.15, 0.2) is 6.61 Å². The van der Waals surface area contributed by atoms with Crippen molar-refractivity contribution in [3.8, 4) is 5.75 Å². The number of benzene rings is 1. The Balaban J connectivity index is 1.87. The van der Waals surface area contributed by atoms with E-state index in [1.54, 1.807) is 12.1 Å². The van der Waals surface area contributed by atoms with Crippen molar-refractivity contribution in [1.82, 2.24) is 4.90 Å². The smallest absolute Gasteiger partial charge is 0.260 e. The zero-order valence-electron chi connectivity index (χ0n) is 11.1. The third kappa shape index (κ3) is 3.61. The van der Waals surface area contributed by atoms with Gasteiger partial charge in [0.05, 0.1) is 0 Å². The molecule has 0 aliphatic carbocycles. The quantitative estimate of drug-likeness (QED) is 0.917. The Labute approximate surface area is 118 Å². The van der Waals surface area contributed by atoms with Crippen molar-refractivity contribution in [2.24, 2.45) is 11.7 Å². The van der Waals surface area contributed by atoms with Crippen molar-refractivity contribution in [2.45, 2.75) is 13.3 Å². The molecule has 4 nitrogen and oxygen atoms in total. The van der Waals surface area contributed by atoms with Gasteiger partial charge in [0.25, 0.3) is 5.91 Å². The summed E-state index contributed by atoms with van der Waals surface area (Å²) >= 11 is 5.87. The maximum absolute atomic E-state index is 12.0. The third-order valence-corrected chi connectivity index (χ3v) is 3.70. The van der Waals surface area contributed by atoms with E-state index in [-0.39, 0.29) is 12.5 Å². The van der Waals surface area contributed by atoms with E-state index in [9.17, 15) is 4.79 Å². The predicted molar refractivity (Wildman–Crippen MR) is 75.4 cm³/mol. The Morgan fingerprint density at radius 1 is 1.58 bits per heavy atom. The molecule has 5 heteroatoms. The van der Waals surface area contributed by atoms with Crippen molar-refractivity contribution in [3.05, 3.63) is 28.8 Å². The zero-order chi connectivity index (χ0) is 13.8. The highest BCUT2D eigenvalue weighted by atomic mass is 35.5. The molecule has 19 heavy (non-hydrogen) atoms. The number of carbonyl (C=O) groups is 1. The number of amides is 1. The second-order valence-electron chi connectivity index (χ2n) is 4.93. The Hall–Kier alpha value is -1.26. The first kappa shape index (κ1) is 14.2. The molecule has 2 rings (SSSR count). The highest BCUT2D eigenvalue weighted by molar-refractivity contribution is 6.30. The van der Waals surface area contributed by atoms with Crippen LogP contribution in [0.25, 0.3) is 0 Å². The molecule has 0 bridgehead atoms. The van der Waals surface area contributed by atoms with Gasteiger partial charge in [-0.3, -0.25) is 4.79 Å². The van der Waals surface area contributed by atoms with Gasteiger partial charge >= 0.3 is 0 Å². The lowest BCUT2D eigenvalue weighted by Gasteiger charge is -2.17. The van der Waals surface area contributed by atoms with E-state index in [1.807, 2.05) is 17.9 Å². The zero-order valence-corrected chi connectivity index (χ0v) is 11.8. The largest absolute Gasteiger partial charge is 0.483 e. The number of likely N-dealkylation sites (tertiary alicyclic amines) is 1. The molecule has 1 aromatic carbocycles. The summed E-state index contributed by atoms with van der Waals surface area (Å²) in [5, 5.41) is 0.668. The Kier molecular flexibility index (Phi) is 4.66. The summed E-state index contributed by atoms with van der Waals surface area (Å²) in [6, 6.07) is 5.37. The number of hydrogen-bond acceptors (Lipinski definition) is 3. The van der Waals surface area contributed by atoms with Crippen LogP contribution in [0.1, 0.15) is 12.0 Å². The molecule has 0 saturated carbocycles. The van der Waals surface area contributed by atoms with Crippen LogP contribution in [0.5, 0.6) is 5.75 Å². The second kappa shape index (κ2) is 6.26. The summed E-state index contributed by atoms with van der Waals surface area (Å²) in [6.45, 7) is 4.15. The van der Waals surface area contributed by atoms with Crippen molar-refractivity contribution >= 4 is 17.5 Å². The standard InChI is InChI=1S/C14H19ClN2O2/c1-10-6-12(15)2-3-13(10)19-9-14(18)17-5-4-11(7-16)8-17/h2-3,6,11H,4-5,7-9,16H2,1H3. The van der Waals surface area contributed by atoms with Gasteiger partial charge < -0.3 is 15.4 Å². The van der Waals surface area contributed by atoms with Crippen LogP contribution in [0.15, 0.2) is 18.2 Å². The molecule has 2 N–H and O–H groups in total. The van der Waals surface area contributed by atoms with Gasteiger partial charge in [0.2, 0.25) is 0 Å². The van der Waals surface area contributed by atoms with Crippen LogP contribution in [0, 0.1) is 12.8 Å². The van der Waals surface area contributed by atoms with E-state index >= 15 is 0 Å². The molecule has 1 aliphatic rings. The van der Waals surface area contributed by atoms with Crippen LogP contribution in [0.2, 0.25) is 5.02 Å². The molecule has 1 unspecified atom stereocenters. The first-order valence-electron chi connectivity index (χ1n) is 6.47. The van der Waals surface area contributed by atoms with E-state index in [4.69, 9.17) is 22.1 Å². The number of aryl methyl sites for hydroxylation is 1. The Morgan fingerprint density at radius 2 is 2.37 bits per heavy atom. The van der Waals surface area contributed by atoms with Gasteiger partial charge in [-0.05, 0) is 49.6 Å². The minimum absolute atomic E-state index is 0.0188. The average molecular weight is 283 g/mol. The molecule has 1 heterocycles. The molecule has 1 atom stereocenters. The molecule has 1 fully saturated rings. The maximum atomic E-state index is 12.0. The van der Waals surface area contributed by atoms with E-state index < -0.39 is 0 Å². The molecular weight excluding hydrogens is 264 g/mol. The fraction of sp³-hybridized carbons (Fsp3) is 0.500. The van der Waals surface area contributed by atoms with Gasteiger partial charge in [-0.15, -0.1) is 0 Å². The monoisotopic (exact) mass is 282 g/mol. The molecule has 0 radical (unpaired) electrons. The molecule has 1 aromatic rings. The van der Waals surface area contributed by atoms with Crippen LogP contribution in [-0.4, -0.2) is 37.0 Å². The number of halogens is 1. The van der Waals surface area contributed by atoms with Crippen molar-refractivity contribution in [3.63, 3.8) is 0 Å². The molecule has 104 valence electrons. The number of hydrogen-bond donors (Lipinski definition) is 1. The fourth-order valence-electron chi connectivity index (χ4n) is 2.26. The van der Waals surface area contributed by atoms with Gasteiger partial charge in [0.1, 0.15) is 5.75 Å². The molecule has 0 aromatic heterocycles. The third-order valence-electron chi connectivity index (χ3n) is 3.46. The molecular formula is C14H19ClN2O2. The lowest BCUT2D eigenvalue weighted by atomic mass is 10.1. The summed E-state index contributed by atoms with van der Waals surface area (Å²) in [4.78, 5) is 13.8. The van der Waals surface area contributed by atoms with E-state index in [1.165, 1.54) is 0 Å². The topological polar surface area (TPSA) is 55.6 Å². The van der Waals surface area contributed by atoms with Crippen LogP contribution < -0.4 is 10.5 Å². The number of rotatable bonds is 4. The Morgan fingerprint density at radius 3 is 3.00 bits per heavy atom. The Bertz CT molecular complexity index is 465. The van der Waals surface area contributed by atoms with E-state index in [2.05, 4.69) is 0 Å². The lowest BCUT2D eigenvalue weighted by molar-refractivity contribution is -0.132. The second-order valence-corrected chi connectivity index (χ2v) is 5.37. The summed E-state index contributed by atoms with van der Waals surface area (Å²) in [7, 11) is 0. The molecule has 1 amide bonds. The summed E-state index contributed by atoms with van der Waals surface area (Å²) < 4.78 is 5.55. The van der Waals surface area contributed by atoms with Crippen molar-refractivity contribution < 1.29 is 9.53 Å². The summed E-state index contributed by atoms with van der Waals surface area (Å²) in [5.74, 6) is 1.15. The molecule has 1 aliphatic heterocycles. The van der Waals surface area contributed by atoms with Crippen LogP contribution >= 0.6 is 11.6 Å². The van der Waals surface area contributed by atoms with Gasteiger partial charge in [-0.1, -0.05) is 11.6 Å². The van der Waals surface area contributed by atoms with Crippen LogP contribution in [0.4, 0.5) is 0 Å². The highest BCUT2D eigenvalue weighted by Gasteiger charge is 2.25. The van der Waals surface area contributed by atoms with Crippen molar-refractivity contribution in [2.75, 3.05) is 26.2 Å².